The molecule has 1 fully saturated rings. The molecule has 0 saturated heterocycles. The van der Waals surface area contributed by atoms with Crippen molar-refractivity contribution in [3.63, 3.8) is 0 Å². The monoisotopic (exact) mass is 248 g/mol. The number of carbonyl (C=O) groups is 1. The Morgan fingerprint density at radius 1 is 1.28 bits per heavy atom. The summed E-state index contributed by atoms with van der Waals surface area (Å²) in [4.78, 5) is 12.0. The van der Waals surface area contributed by atoms with Crippen molar-refractivity contribution in [2.75, 3.05) is 7.11 Å². The molecule has 2 nitrogen and oxygen atoms in total. The van der Waals surface area contributed by atoms with E-state index in [0.717, 1.165) is 31.3 Å². The molecule has 0 amide bonds. The molecule has 0 unspecified atom stereocenters. The summed E-state index contributed by atoms with van der Waals surface area (Å²) in [5.74, 6) is -0.339. The molecule has 1 aromatic rings. The van der Waals surface area contributed by atoms with E-state index in [1.54, 1.807) is 12.1 Å². The number of halogens is 1. The molecular weight excluding hydrogens is 231 g/mol. The van der Waals surface area contributed by atoms with Gasteiger partial charge in [0.25, 0.3) is 0 Å². The number of carbonyl (C=O) groups excluding carboxylic acids is 1. The maximum atomic E-state index is 13.7. The van der Waals surface area contributed by atoms with Crippen LogP contribution in [0.4, 0.5) is 4.39 Å². The number of allylic oxidation sites excluding steroid dienone is 2. The van der Waals surface area contributed by atoms with E-state index in [9.17, 15) is 9.18 Å². The van der Waals surface area contributed by atoms with Gasteiger partial charge in [0, 0.05) is 6.07 Å². The van der Waals surface area contributed by atoms with Crippen molar-refractivity contribution < 1.29 is 13.9 Å². The molecule has 0 aliphatic heterocycles. The van der Waals surface area contributed by atoms with Gasteiger partial charge in [0.2, 0.25) is 0 Å². The van der Waals surface area contributed by atoms with Gasteiger partial charge < -0.3 is 4.74 Å². The lowest BCUT2D eigenvalue weighted by atomic mass is 9.93. The molecule has 0 aromatic heterocycles. The molecule has 1 aliphatic rings. The molecule has 0 atom stereocenters. The number of rotatable bonds is 3. The van der Waals surface area contributed by atoms with Crippen molar-refractivity contribution in [3.05, 3.63) is 41.2 Å². The number of benzene rings is 1. The Labute approximate surface area is 106 Å². The Morgan fingerprint density at radius 2 is 2.00 bits per heavy atom. The zero-order valence-corrected chi connectivity index (χ0v) is 10.5. The largest absolute Gasteiger partial charge is 0.497 e. The predicted octanol–water partition coefficient (Wildman–Crippen LogP) is 3.91. The fourth-order valence-corrected chi connectivity index (χ4v) is 2.24. The minimum atomic E-state index is -0.521. The lowest BCUT2D eigenvalue weighted by molar-refractivity contribution is 0.104. The first-order valence-corrected chi connectivity index (χ1v) is 6.28. The first-order chi connectivity index (χ1) is 8.70. The first kappa shape index (κ1) is 12.8. The van der Waals surface area contributed by atoms with Crippen molar-refractivity contribution in [3.8, 4) is 5.75 Å². The molecule has 18 heavy (non-hydrogen) atoms. The molecule has 1 saturated carbocycles. The summed E-state index contributed by atoms with van der Waals surface area (Å²) in [6.45, 7) is 0. The summed E-state index contributed by atoms with van der Waals surface area (Å²) < 4.78 is 18.6. The van der Waals surface area contributed by atoms with E-state index >= 15 is 0 Å². The Balaban J connectivity index is 2.18. The van der Waals surface area contributed by atoms with Gasteiger partial charge in [-0.2, -0.15) is 0 Å². The standard InChI is InChI=1S/C15H17FO2/c1-18-12-7-8-13(14(16)10-12)15(17)9-11-5-3-2-4-6-11/h7-10H,2-6H2,1H3. The van der Waals surface area contributed by atoms with Crippen LogP contribution >= 0.6 is 0 Å². The van der Waals surface area contributed by atoms with E-state index in [4.69, 9.17) is 4.74 Å². The van der Waals surface area contributed by atoms with Crippen LogP contribution in [0.1, 0.15) is 42.5 Å². The average molecular weight is 248 g/mol. The third-order valence-corrected chi connectivity index (χ3v) is 3.27. The molecule has 0 spiro atoms. The predicted molar refractivity (Wildman–Crippen MR) is 68.5 cm³/mol. The smallest absolute Gasteiger partial charge is 0.188 e. The molecule has 0 N–H and O–H groups in total. The topological polar surface area (TPSA) is 26.3 Å². The van der Waals surface area contributed by atoms with E-state index in [1.807, 2.05) is 0 Å². The molecule has 0 heterocycles. The number of hydrogen-bond donors (Lipinski definition) is 0. The van der Waals surface area contributed by atoms with Gasteiger partial charge in [0.05, 0.1) is 12.7 Å². The maximum Gasteiger partial charge on any atom is 0.188 e. The zero-order chi connectivity index (χ0) is 13.0. The second-order valence-corrected chi connectivity index (χ2v) is 4.57. The van der Waals surface area contributed by atoms with Gasteiger partial charge in [-0.05, 0) is 43.9 Å². The number of ether oxygens (including phenoxy) is 1. The molecule has 3 heteroatoms. The van der Waals surface area contributed by atoms with E-state index in [0.29, 0.717) is 5.75 Å². The van der Waals surface area contributed by atoms with Crippen LogP contribution in [-0.4, -0.2) is 12.9 Å². The van der Waals surface area contributed by atoms with E-state index < -0.39 is 5.82 Å². The highest BCUT2D eigenvalue weighted by atomic mass is 19.1. The van der Waals surface area contributed by atoms with E-state index in [2.05, 4.69) is 0 Å². The van der Waals surface area contributed by atoms with Gasteiger partial charge in [0.1, 0.15) is 11.6 Å². The highest BCUT2D eigenvalue weighted by Crippen LogP contribution is 2.24. The summed E-state index contributed by atoms with van der Waals surface area (Å²) in [5.41, 5.74) is 1.26. The van der Waals surface area contributed by atoms with Crippen molar-refractivity contribution in [1.29, 1.82) is 0 Å². The van der Waals surface area contributed by atoms with Crippen LogP contribution < -0.4 is 4.74 Å². The van der Waals surface area contributed by atoms with Crippen LogP contribution in [0.15, 0.2) is 29.8 Å². The quantitative estimate of drug-likeness (QED) is 0.599. The van der Waals surface area contributed by atoms with Crippen LogP contribution in [-0.2, 0) is 0 Å². The highest BCUT2D eigenvalue weighted by molar-refractivity contribution is 6.05. The lowest BCUT2D eigenvalue weighted by Crippen LogP contribution is -2.03. The van der Waals surface area contributed by atoms with Crippen molar-refractivity contribution in [1.82, 2.24) is 0 Å². The van der Waals surface area contributed by atoms with Gasteiger partial charge in [0.15, 0.2) is 5.78 Å². The Kier molecular flexibility index (Phi) is 4.13. The normalized spacial score (nSPS) is 15.3. The Morgan fingerprint density at radius 3 is 2.61 bits per heavy atom. The van der Waals surface area contributed by atoms with Crippen molar-refractivity contribution in [2.45, 2.75) is 32.1 Å². The Bertz CT molecular complexity index is 469. The second-order valence-electron chi connectivity index (χ2n) is 4.57. The average Bonchev–Trinajstić information content (AvgIpc) is 2.39. The molecule has 0 radical (unpaired) electrons. The zero-order valence-electron chi connectivity index (χ0n) is 10.5. The fourth-order valence-electron chi connectivity index (χ4n) is 2.24. The minimum absolute atomic E-state index is 0.119. The van der Waals surface area contributed by atoms with Gasteiger partial charge >= 0.3 is 0 Å². The highest BCUT2D eigenvalue weighted by Gasteiger charge is 2.13. The van der Waals surface area contributed by atoms with Gasteiger partial charge in [-0.3, -0.25) is 4.79 Å². The van der Waals surface area contributed by atoms with Crippen LogP contribution in [0.3, 0.4) is 0 Å². The van der Waals surface area contributed by atoms with Crippen molar-refractivity contribution >= 4 is 5.78 Å². The van der Waals surface area contributed by atoms with Gasteiger partial charge in [-0.15, -0.1) is 0 Å². The lowest BCUT2D eigenvalue weighted by Gasteiger charge is -2.13. The fraction of sp³-hybridized carbons (Fsp3) is 0.400. The number of ketones is 1. The third kappa shape index (κ3) is 2.97. The molecule has 1 aromatic carbocycles. The van der Waals surface area contributed by atoms with Gasteiger partial charge in [-0.1, -0.05) is 12.0 Å². The van der Waals surface area contributed by atoms with Crippen LogP contribution in [0, 0.1) is 5.82 Å². The second kappa shape index (κ2) is 5.80. The maximum absolute atomic E-state index is 13.7. The minimum Gasteiger partial charge on any atom is -0.497 e. The number of hydrogen-bond acceptors (Lipinski definition) is 2. The molecule has 1 aliphatic carbocycles. The summed E-state index contributed by atoms with van der Waals surface area (Å²) >= 11 is 0. The molecule has 96 valence electrons. The van der Waals surface area contributed by atoms with Crippen LogP contribution in [0.25, 0.3) is 0 Å². The summed E-state index contributed by atoms with van der Waals surface area (Å²) in [5, 5.41) is 0. The summed E-state index contributed by atoms with van der Waals surface area (Å²) in [6, 6.07) is 4.33. The van der Waals surface area contributed by atoms with E-state index in [-0.39, 0.29) is 11.3 Å². The summed E-state index contributed by atoms with van der Waals surface area (Å²) in [6.07, 6.45) is 7.01. The van der Waals surface area contributed by atoms with E-state index in [1.165, 1.54) is 25.7 Å². The molecular formula is C15H17FO2. The summed E-state index contributed by atoms with van der Waals surface area (Å²) in [7, 11) is 1.47. The van der Waals surface area contributed by atoms with Crippen LogP contribution in [0.2, 0.25) is 0 Å². The van der Waals surface area contributed by atoms with Gasteiger partial charge in [-0.25, -0.2) is 4.39 Å². The third-order valence-electron chi connectivity index (χ3n) is 3.27. The SMILES string of the molecule is COc1ccc(C(=O)C=C2CCCCC2)c(F)c1. The van der Waals surface area contributed by atoms with Crippen molar-refractivity contribution in [2.24, 2.45) is 0 Å². The number of methoxy groups -OCH3 is 1. The molecule has 0 bridgehead atoms. The Hall–Kier alpha value is -1.64. The van der Waals surface area contributed by atoms with Crippen LogP contribution in [0.5, 0.6) is 5.75 Å². The first-order valence-electron chi connectivity index (χ1n) is 6.28. The molecule has 2 rings (SSSR count).